The number of rotatable bonds is 5. The highest BCUT2D eigenvalue weighted by atomic mass is 79.9. The Kier molecular flexibility index (Phi) is 6.17. The van der Waals surface area contributed by atoms with Crippen molar-refractivity contribution in [2.24, 2.45) is 0 Å². The first-order valence-electron chi connectivity index (χ1n) is 7.31. The number of esters is 1. The van der Waals surface area contributed by atoms with Crippen LogP contribution in [0, 0.1) is 6.92 Å². The molecule has 1 N–H and O–H groups in total. The number of nitrogens with one attached hydrogen (secondary N) is 1. The molecule has 0 fully saturated rings. The first-order chi connectivity index (χ1) is 12.1. The van der Waals surface area contributed by atoms with Gasteiger partial charge in [-0.3, -0.25) is 4.79 Å². The predicted octanol–water partition coefficient (Wildman–Crippen LogP) is 2.41. The minimum atomic E-state index is -4.69. The molecule has 0 spiro atoms. The molecule has 0 bridgehead atoms. The fourth-order valence-electron chi connectivity index (χ4n) is 2.11. The van der Waals surface area contributed by atoms with Gasteiger partial charge in [0.1, 0.15) is 11.7 Å². The Balaban J connectivity index is 2.46. The maximum atomic E-state index is 13.2. The van der Waals surface area contributed by atoms with Crippen molar-refractivity contribution < 1.29 is 27.5 Å². The van der Waals surface area contributed by atoms with Gasteiger partial charge in [0.15, 0.2) is 11.3 Å². The summed E-state index contributed by atoms with van der Waals surface area (Å²) in [5.74, 6) is -1.62. The largest absolute Gasteiger partial charge is 0.464 e. The van der Waals surface area contributed by atoms with Gasteiger partial charge in [-0.15, -0.1) is 0 Å². The maximum Gasteiger partial charge on any atom is 0.433 e. The van der Waals surface area contributed by atoms with Crippen LogP contribution in [0.3, 0.4) is 0 Å². The van der Waals surface area contributed by atoms with Crippen molar-refractivity contribution in [3.8, 4) is 0 Å². The molecule has 12 heteroatoms. The molecule has 1 atom stereocenters. The van der Waals surface area contributed by atoms with Crippen LogP contribution in [0.1, 0.15) is 28.8 Å². The third-order valence-electron chi connectivity index (χ3n) is 3.23. The molecule has 0 saturated carbocycles. The van der Waals surface area contributed by atoms with Crippen molar-refractivity contribution in [2.45, 2.75) is 26.1 Å². The number of halogens is 4. The first kappa shape index (κ1) is 20.5. The molecule has 0 aliphatic carbocycles. The standard InChI is InChI=1S/C14H14BrF3N4O3S/c1-3-25-13(24)7(5-26)20-12(23)10-9(15)11-19-6(2)4-8(14(16,17)18)22(11)21-10/h4,7,26H,3,5H2,1-2H3,(H,20,23)/t7-/m0/s1. The molecule has 0 unspecified atom stereocenters. The van der Waals surface area contributed by atoms with E-state index in [4.69, 9.17) is 4.74 Å². The van der Waals surface area contributed by atoms with Gasteiger partial charge in [0.2, 0.25) is 0 Å². The molecule has 0 saturated heterocycles. The molecule has 2 rings (SSSR count). The van der Waals surface area contributed by atoms with Crippen LogP contribution in [0.25, 0.3) is 5.65 Å². The van der Waals surface area contributed by atoms with Crippen LogP contribution in [-0.4, -0.2) is 44.9 Å². The number of aromatic nitrogens is 3. The molecule has 142 valence electrons. The number of ether oxygens (including phenoxy) is 1. The Bertz CT molecular complexity index is 856. The summed E-state index contributed by atoms with van der Waals surface area (Å²) in [5.41, 5.74) is -1.47. The Morgan fingerprint density at radius 1 is 1.46 bits per heavy atom. The topological polar surface area (TPSA) is 85.6 Å². The quantitative estimate of drug-likeness (QED) is 0.535. The number of fused-ring (bicyclic) bond motifs is 1. The fourth-order valence-corrected chi connectivity index (χ4v) is 2.86. The number of alkyl halides is 3. The first-order valence-corrected chi connectivity index (χ1v) is 8.74. The molecule has 2 aromatic rings. The second kappa shape index (κ2) is 7.82. The third kappa shape index (κ3) is 4.11. The summed E-state index contributed by atoms with van der Waals surface area (Å²) in [6, 6.07) is -0.247. The second-order valence-corrected chi connectivity index (χ2v) is 6.30. The normalized spacial score (nSPS) is 12.9. The molecule has 26 heavy (non-hydrogen) atoms. The van der Waals surface area contributed by atoms with Gasteiger partial charge < -0.3 is 10.1 Å². The highest BCUT2D eigenvalue weighted by molar-refractivity contribution is 9.10. The lowest BCUT2D eigenvalue weighted by atomic mass is 10.3. The van der Waals surface area contributed by atoms with Crippen molar-refractivity contribution in [1.29, 1.82) is 0 Å². The number of carbonyl (C=O) groups excluding carboxylic acids is 2. The number of hydrogen-bond donors (Lipinski definition) is 2. The van der Waals surface area contributed by atoms with Gasteiger partial charge >= 0.3 is 12.1 Å². The summed E-state index contributed by atoms with van der Waals surface area (Å²) >= 11 is 7.02. The number of thiol groups is 1. The zero-order chi connectivity index (χ0) is 19.6. The van der Waals surface area contributed by atoms with Crippen molar-refractivity contribution >= 4 is 46.1 Å². The molecule has 0 aliphatic rings. The molecule has 0 aliphatic heterocycles. The van der Waals surface area contributed by atoms with Gasteiger partial charge in [0.25, 0.3) is 5.91 Å². The van der Waals surface area contributed by atoms with Crippen molar-refractivity contribution in [1.82, 2.24) is 19.9 Å². The summed E-state index contributed by atoms with van der Waals surface area (Å²) in [6.07, 6.45) is -4.69. The minimum absolute atomic E-state index is 0.0222. The Morgan fingerprint density at radius 2 is 2.12 bits per heavy atom. The molecular formula is C14H14BrF3N4O3S. The van der Waals surface area contributed by atoms with Crippen molar-refractivity contribution in [3.05, 3.63) is 27.6 Å². The summed E-state index contributed by atoms with van der Waals surface area (Å²) in [5, 5.41) is 6.05. The van der Waals surface area contributed by atoms with Crippen LogP contribution in [-0.2, 0) is 15.7 Å². The lowest BCUT2D eigenvalue weighted by Crippen LogP contribution is -2.43. The van der Waals surface area contributed by atoms with E-state index in [1.54, 1.807) is 6.92 Å². The van der Waals surface area contributed by atoms with E-state index in [2.05, 4.69) is 44.0 Å². The van der Waals surface area contributed by atoms with Crippen LogP contribution >= 0.6 is 28.6 Å². The molecule has 7 nitrogen and oxygen atoms in total. The van der Waals surface area contributed by atoms with Crippen LogP contribution in [0.15, 0.2) is 10.5 Å². The molecule has 1 amide bonds. The monoisotopic (exact) mass is 454 g/mol. The van der Waals surface area contributed by atoms with Crippen molar-refractivity contribution in [3.63, 3.8) is 0 Å². The number of nitrogens with zero attached hydrogens (tertiary/aromatic N) is 3. The minimum Gasteiger partial charge on any atom is -0.464 e. The summed E-state index contributed by atoms with van der Waals surface area (Å²) in [7, 11) is 0. The van der Waals surface area contributed by atoms with E-state index in [0.717, 1.165) is 6.07 Å². The second-order valence-electron chi connectivity index (χ2n) is 5.14. The zero-order valence-electron chi connectivity index (χ0n) is 13.6. The van der Waals surface area contributed by atoms with Gasteiger partial charge in [-0.1, -0.05) is 0 Å². The van der Waals surface area contributed by atoms with Crippen LogP contribution < -0.4 is 5.32 Å². The number of amides is 1. The summed E-state index contributed by atoms with van der Waals surface area (Å²) < 4.78 is 45.0. The number of aryl methyl sites for hydroxylation is 1. The van der Waals surface area contributed by atoms with E-state index in [1.165, 1.54) is 6.92 Å². The molecule has 0 radical (unpaired) electrons. The van der Waals surface area contributed by atoms with Gasteiger partial charge in [-0.25, -0.2) is 14.3 Å². The highest BCUT2D eigenvalue weighted by Gasteiger charge is 2.36. The van der Waals surface area contributed by atoms with Gasteiger partial charge in [-0.05, 0) is 35.8 Å². The lowest BCUT2D eigenvalue weighted by molar-refractivity contribution is -0.145. The van der Waals surface area contributed by atoms with E-state index < -0.39 is 29.8 Å². The van der Waals surface area contributed by atoms with Gasteiger partial charge in [0, 0.05) is 11.4 Å². The number of carbonyl (C=O) groups is 2. The van der Waals surface area contributed by atoms with Gasteiger partial charge in [-0.2, -0.15) is 30.9 Å². The third-order valence-corrected chi connectivity index (χ3v) is 4.32. The van der Waals surface area contributed by atoms with E-state index >= 15 is 0 Å². The molecule has 2 heterocycles. The van der Waals surface area contributed by atoms with Crippen LogP contribution in [0.4, 0.5) is 13.2 Å². The highest BCUT2D eigenvalue weighted by Crippen LogP contribution is 2.32. The summed E-state index contributed by atoms with van der Waals surface area (Å²) in [6.45, 7) is 3.10. The Hall–Kier alpha value is -1.82. The van der Waals surface area contributed by atoms with Gasteiger partial charge in [0.05, 0.1) is 11.1 Å². The average Bonchev–Trinajstić information content (AvgIpc) is 2.88. The molecule has 0 aromatic carbocycles. The fraction of sp³-hybridized carbons (Fsp3) is 0.429. The smallest absolute Gasteiger partial charge is 0.433 e. The summed E-state index contributed by atoms with van der Waals surface area (Å²) in [4.78, 5) is 28.1. The predicted molar refractivity (Wildman–Crippen MR) is 92.2 cm³/mol. The zero-order valence-corrected chi connectivity index (χ0v) is 16.1. The average molecular weight is 455 g/mol. The Morgan fingerprint density at radius 3 is 2.65 bits per heavy atom. The van der Waals surface area contributed by atoms with Crippen molar-refractivity contribution in [2.75, 3.05) is 12.4 Å². The van der Waals surface area contributed by atoms with E-state index in [-0.39, 0.29) is 33.9 Å². The number of hydrogen-bond acceptors (Lipinski definition) is 6. The van der Waals surface area contributed by atoms with Crippen LogP contribution in [0.2, 0.25) is 0 Å². The SMILES string of the molecule is CCOC(=O)[C@H](CS)NC(=O)c1nn2c(C(F)(F)F)cc(C)nc2c1Br. The Labute approximate surface area is 159 Å². The molecule has 2 aromatic heterocycles. The van der Waals surface area contributed by atoms with E-state index in [0.29, 0.717) is 4.52 Å². The van der Waals surface area contributed by atoms with Crippen LogP contribution in [0.5, 0.6) is 0 Å². The molecular weight excluding hydrogens is 441 g/mol. The van der Waals surface area contributed by atoms with E-state index in [9.17, 15) is 22.8 Å². The maximum absolute atomic E-state index is 13.2. The van der Waals surface area contributed by atoms with E-state index in [1.807, 2.05) is 0 Å². The lowest BCUT2D eigenvalue weighted by Gasteiger charge is -2.14.